The fraction of sp³-hybridized carbons (Fsp3) is 0.550. The quantitative estimate of drug-likeness (QED) is 0.380. The monoisotopic (exact) mass is 318 g/mol. The number of rotatable bonds is 8. The molecule has 128 valence electrons. The minimum atomic E-state index is -0.962. The molecule has 0 aromatic rings. The third kappa shape index (κ3) is 7.98. The molecule has 0 saturated carbocycles. The Hall–Kier alpha value is -1.61. The van der Waals surface area contributed by atoms with Gasteiger partial charge in [0.05, 0.1) is 18.3 Å². The van der Waals surface area contributed by atoms with E-state index in [1.165, 1.54) is 16.7 Å². The van der Waals surface area contributed by atoms with E-state index >= 15 is 0 Å². The highest BCUT2D eigenvalue weighted by molar-refractivity contribution is 5.86. The lowest BCUT2D eigenvalue weighted by Crippen LogP contribution is -2.26. The zero-order valence-electron chi connectivity index (χ0n) is 14.7. The molecule has 3 heteroatoms. The lowest BCUT2D eigenvalue weighted by Gasteiger charge is -2.24. The van der Waals surface area contributed by atoms with Crippen LogP contribution in [0.1, 0.15) is 59.3 Å². The molecule has 1 saturated heterocycles. The van der Waals surface area contributed by atoms with E-state index in [1.54, 1.807) is 0 Å². The van der Waals surface area contributed by atoms with Gasteiger partial charge in [-0.2, -0.15) is 0 Å². The molecule has 3 nitrogen and oxygen atoms in total. The van der Waals surface area contributed by atoms with E-state index in [-0.39, 0.29) is 11.7 Å². The van der Waals surface area contributed by atoms with Gasteiger partial charge >= 0.3 is 5.97 Å². The summed E-state index contributed by atoms with van der Waals surface area (Å²) >= 11 is 0. The third-order valence-corrected chi connectivity index (χ3v) is 4.04. The summed E-state index contributed by atoms with van der Waals surface area (Å²) in [5.74, 6) is -0.962. The molecule has 0 radical (unpaired) electrons. The maximum atomic E-state index is 10.9. The van der Waals surface area contributed by atoms with Gasteiger partial charge in [0.15, 0.2) is 0 Å². The number of ether oxygens (including phenoxy) is 1. The number of carbonyl (C=O) groups is 1. The predicted octanol–water partition coefficient (Wildman–Crippen LogP) is 5.21. The van der Waals surface area contributed by atoms with Crippen LogP contribution in [-0.2, 0) is 9.53 Å². The molecule has 0 bridgehead atoms. The van der Waals surface area contributed by atoms with Gasteiger partial charge in [-0.3, -0.25) is 0 Å². The first-order valence-corrected chi connectivity index (χ1v) is 8.40. The van der Waals surface area contributed by atoms with Gasteiger partial charge in [0.25, 0.3) is 0 Å². The minimum absolute atomic E-state index is 0.166. The highest BCUT2D eigenvalue weighted by atomic mass is 16.5. The van der Waals surface area contributed by atoms with Gasteiger partial charge in [0.1, 0.15) is 0 Å². The second-order valence-electron chi connectivity index (χ2n) is 6.48. The Kier molecular flexibility index (Phi) is 8.64. The van der Waals surface area contributed by atoms with Gasteiger partial charge in [-0.15, -0.1) is 0 Å². The molecular weight excluding hydrogens is 288 g/mol. The van der Waals surface area contributed by atoms with Crippen LogP contribution in [0.3, 0.4) is 0 Å². The molecule has 1 heterocycles. The van der Waals surface area contributed by atoms with Crippen molar-refractivity contribution in [1.82, 2.24) is 0 Å². The molecule has 1 aliphatic heterocycles. The highest BCUT2D eigenvalue weighted by Gasteiger charge is 2.23. The summed E-state index contributed by atoms with van der Waals surface area (Å²) in [5, 5.41) is 8.91. The van der Waals surface area contributed by atoms with Crippen LogP contribution in [0.25, 0.3) is 0 Å². The van der Waals surface area contributed by atoms with E-state index in [1.807, 2.05) is 0 Å². The Morgan fingerprint density at radius 2 is 2.00 bits per heavy atom. The van der Waals surface area contributed by atoms with Crippen LogP contribution in [-0.4, -0.2) is 23.8 Å². The van der Waals surface area contributed by atoms with Crippen molar-refractivity contribution in [2.45, 2.75) is 65.4 Å². The highest BCUT2D eigenvalue weighted by Crippen LogP contribution is 2.23. The average molecular weight is 318 g/mol. The van der Waals surface area contributed by atoms with Crippen molar-refractivity contribution in [1.29, 1.82) is 0 Å². The third-order valence-electron chi connectivity index (χ3n) is 4.04. The van der Waals surface area contributed by atoms with E-state index in [2.05, 4.69) is 45.6 Å². The zero-order chi connectivity index (χ0) is 17.2. The summed E-state index contributed by atoms with van der Waals surface area (Å²) in [6, 6.07) is 0. The number of hydrogen-bond acceptors (Lipinski definition) is 2. The topological polar surface area (TPSA) is 46.5 Å². The maximum Gasteiger partial charge on any atom is 0.333 e. The lowest BCUT2D eigenvalue weighted by molar-refractivity contribution is -0.134. The zero-order valence-corrected chi connectivity index (χ0v) is 14.7. The van der Waals surface area contributed by atoms with Gasteiger partial charge in [-0.25, -0.2) is 4.79 Å². The lowest BCUT2D eigenvalue weighted by atomic mass is 9.98. The van der Waals surface area contributed by atoms with Crippen molar-refractivity contribution in [2.75, 3.05) is 6.61 Å². The van der Waals surface area contributed by atoms with Gasteiger partial charge in [0.2, 0.25) is 0 Å². The van der Waals surface area contributed by atoms with E-state index in [4.69, 9.17) is 9.84 Å². The van der Waals surface area contributed by atoms with Crippen LogP contribution >= 0.6 is 0 Å². The van der Waals surface area contributed by atoms with Gasteiger partial charge < -0.3 is 9.84 Å². The Labute approximate surface area is 140 Å². The van der Waals surface area contributed by atoms with Crippen molar-refractivity contribution in [3.63, 3.8) is 0 Å². The number of hydrogen-bond donors (Lipinski definition) is 1. The van der Waals surface area contributed by atoms with Crippen LogP contribution in [0.4, 0.5) is 0 Å². The number of allylic oxidation sites excluding steroid dienone is 5. The molecule has 1 rings (SSSR count). The summed E-state index contributed by atoms with van der Waals surface area (Å²) in [7, 11) is 0. The Morgan fingerprint density at radius 1 is 1.26 bits per heavy atom. The molecule has 0 spiro atoms. The van der Waals surface area contributed by atoms with Crippen molar-refractivity contribution < 1.29 is 14.6 Å². The van der Waals surface area contributed by atoms with Crippen LogP contribution in [0.5, 0.6) is 0 Å². The van der Waals surface area contributed by atoms with E-state index in [0.717, 1.165) is 32.1 Å². The van der Waals surface area contributed by atoms with Crippen LogP contribution in [0, 0.1) is 0 Å². The molecule has 1 aliphatic rings. The Balaban J connectivity index is 2.28. The molecule has 1 atom stereocenters. The minimum Gasteiger partial charge on any atom is -0.478 e. The molecule has 1 fully saturated rings. The summed E-state index contributed by atoms with van der Waals surface area (Å²) in [6.07, 6.45) is 12.4. The molecule has 1 N–H and O–H groups in total. The van der Waals surface area contributed by atoms with E-state index in [9.17, 15) is 4.79 Å². The second-order valence-corrected chi connectivity index (χ2v) is 6.48. The van der Waals surface area contributed by atoms with Crippen molar-refractivity contribution >= 4 is 5.97 Å². The first-order valence-electron chi connectivity index (χ1n) is 8.40. The summed E-state index contributed by atoms with van der Waals surface area (Å²) in [6.45, 7) is 10.6. The number of unbranched alkanes of at least 4 members (excludes halogenated alkanes) is 1. The predicted molar refractivity (Wildman–Crippen MR) is 95.5 cm³/mol. The number of aliphatic carboxylic acids is 1. The fourth-order valence-electron chi connectivity index (χ4n) is 2.56. The van der Waals surface area contributed by atoms with Crippen molar-refractivity contribution in [3.05, 3.63) is 47.1 Å². The van der Waals surface area contributed by atoms with Crippen LogP contribution < -0.4 is 0 Å². The summed E-state index contributed by atoms with van der Waals surface area (Å²) < 4.78 is 5.60. The average Bonchev–Trinajstić information content (AvgIpc) is 2.51. The van der Waals surface area contributed by atoms with Crippen molar-refractivity contribution in [2.24, 2.45) is 0 Å². The molecule has 0 aliphatic carbocycles. The standard InChI is InChI=1S/C20H30O3/c1-15(2)8-7-10-16(3)9-5-6-11-18-12-13-19(23-14-18)17(4)20(21)22/h8-9,11,19H,4-7,10,12-14H2,1-3H3,(H,21,22)/b16-9+,18-11-/t19-/m1/s1. The summed E-state index contributed by atoms with van der Waals surface area (Å²) in [5.41, 5.74) is 4.26. The molecule has 0 aromatic heterocycles. The van der Waals surface area contributed by atoms with E-state index < -0.39 is 5.97 Å². The second kappa shape index (κ2) is 10.2. The van der Waals surface area contributed by atoms with E-state index in [0.29, 0.717) is 13.0 Å². The Bertz CT molecular complexity index is 495. The van der Waals surface area contributed by atoms with Crippen molar-refractivity contribution in [3.8, 4) is 0 Å². The molecule has 0 aromatic carbocycles. The maximum absolute atomic E-state index is 10.9. The van der Waals surface area contributed by atoms with Crippen LogP contribution in [0.15, 0.2) is 47.1 Å². The molecule has 23 heavy (non-hydrogen) atoms. The molecule has 0 amide bonds. The fourth-order valence-corrected chi connectivity index (χ4v) is 2.56. The summed E-state index contributed by atoms with van der Waals surface area (Å²) in [4.78, 5) is 10.9. The molecule has 0 unspecified atom stereocenters. The van der Waals surface area contributed by atoms with Gasteiger partial charge in [0, 0.05) is 0 Å². The Morgan fingerprint density at radius 3 is 2.57 bits per heavy atom. The SMILES string of the molecule is C=C(C(=O)O)[C@H]1CC/C(=C/CC/C=C(\C)CCC=C(C)C)CO1. The first kappa shape index (κ1) is 19.4. The van der Waals surface area contributed by atoms with Gasteiger partial charge in [-0.1, -0.05) is 36.0 Å². The number of carboxylic acid groups (broad SMARTS) is 1. The van der Waals surface area contributed by atoms with Gasteiger partial charge in [-0.05, 0) is 64.9 Å². The largest absolute Gasteiger partial charge is 0.478 e. The number of carboxylic acids is 1. The van der Waals surface area contributed by atoms with Crippen LogP contribution in [0.2, 0.25) is 0 Å². The normalized spacial score (nSPS) is 20.4. The smallest absolute Gasteiger partial charge is 0.333 e. The molecular formula is C20H30O3. The first-order chi connectivity index (χ1) is 10.9.